The van der Waals surface area contributed by atoms with Gasteiger partial charge in [-0.3, -0.25) is 9.59 Å². The normalized spacial score (nSPS) is 29.9. The van der Waals surface area contributed by atoms with Crippen molar-refractivity contribution in [2.45, 2.75) is 44.8 Å². The fourth-order valence-electron chi connectivity index (χ4n) is 5.58. The van der Waals surface area contributed by atoms with Crippen molar-refractivity contribution < 1.29 is 13.9 Å². The Hall–Kier alpha value is -3.76. The molecule has 1 saturated heterocycles. The van der Waals surface area contributed by atoms with Gasteiger partial charge in [-0.05, 0) is 61.1 Å². The van der Waals surface area contributed by atoms with Crippen LogP contribution in [0.15, 0.2) is 70.6 Å². The summed E-state index contributed by atoms with van der Waals surface area (Å²) in [6.07, 6.45) is 15.9. The molecule has 5 rings (SSSR count). The molecule has 1 aromatic heterocycles. The number of halogens is 1. The Morgan fingerprint density at radius 1 is 1.27 bits per heavy atom. The van der Waals surface area contributed by atoms with Crippen LogP contribution in [0.1, 0.15) is 30.4 Å². The van der Waals surface area contributed by atoms with Crippen molar-refractivity contribution >= 4 is 16.8 Å². The SMILES string of the molecule is Cc1c(CC(=O)N[C@H]2COC3CC(C#N)C/C4=C/C=C\C=C/[CH]\C4=C/CC32)c(=O)[nH]c2ccc(F)cc12. The van der Waals surface area contributed by atoms with Gasteiger partial charge >= 0.3 is 0 Å². The molecule has 1 aliphatic heterocycles. The van der Waals surface area contributed by atoms with Crippen LogP contribution in [-0.4, -0.2) is 29.6 Å². The van der Waals surface area contributed by atoms with E-state index < -0.39 is 5.82 Å². The number of allylic oxidation sites excluding steroid dienone is 8. The van der Waals surface area contributed by atoms with Gasteiger partial charge in [0, 0.05) is 28.8 Å². The Bertz CT molecular complexity index is 1440. The lowest BCUT2D eigenvalue weighted by atomic mass is 9.87. The molecule has 2 aromatic rings. The van der Waals surface area contributed by atoms with E-state index in [1.54, 1.807) is 6.92 Å². The van der Waals surface area contributed by atoms with Gasteiger partial charge in [0.15, 0.2) is 0 Å². The second-order valence-corrected chi connectivity index (χ2v) is 9.92. The number of aryl methyl sites for hydroxylation is 1. The maximum atomic E-state index is 13.8. The van der Waals surface area contributed by atoms with Crippen molar-refractivity contribution in [1.29, 1.82) is 5.26 Å². The number of nitriles is 1. The van der Waals surface area contributed by atoms with E-state index in [1.165, 1.54) is 18.2 Å². The fraction of sp³-hybridized carbons (Fsp3) is 0.333. The predicted octanol–water partition coefficient (Wildman–Crippen LogP) is 4.52. The van der Waals surface area contributed by atoms with E-state index in [1.807, 2.05) is 24.3 Å². The largest absolute Gasteiger partial charge is 0.376 e. The first-order valence-electron chi connectivity index (χ1n) is 12.6. The Balaban J connectivity index is 1.36. The van der Waals surface area contributed by atoms with E-state index in [9.17, 15) is 19.2 Å². The maximum absolute atomic E-state index is 13.8. The van der Waals surface area contributed by atoms with Gasteiger partial charge in [0.1, 0.15) is 5.82 Å². The van der Waals surface area contributed by atoms with Gasteiger partial charge in [-0.15, -0.1) is 0 Å². The van der Waals surface area contributed by atoms with Crippen molar-refractivity contribution in [3.8, 4) is 6.07 Å². The summed E-state index contributed by atoms with van der Waals surface area (Å²) >= 11 is 0. The second kappa shape index (κ2) is 10.7. The minimum Gasteiger partial charge on any atom is -0.376 e. The molecule has 1 radical (unpaired) electrons. The van der Waals surface area contributed by atoms with Crippen LogP contribution < -0.4 is 10.9 Å². The molecule has 0 spiro atoms. The molecule has 2 N–H and O–H groups in total. The average Bonchev–Trinajstić information content (AvgIpc) is 3.25. The monoisotopic (exact) mass is 498 g/mol. The number of hydrogen-bond acceptors (Lipinski definition) is 4. The first-order chi connectivity index (χ1) is 17.9. The lowest BCUT2D eigenvalue weighted by molar-refractivity contribution is -0.121. The number of carbonyl (C=O) groups excluding carboxylic acids is 1. The molecule has 2 aliphatic carbocycles. The van der Waals surface area contributed by atoms with Crippen LogP contribution in [0.3, 0.4) is 0 Å². The van der Waals surface area contributed by atoms with Gasteiger partial charge in [-0.25, -0.2) is 4.39 Å². The number of fused-ring (bicyclic) bond motifs is 3. The highest BCUT2D eigenvalue weighted by molar-refractivity contribution is 5.85. The standard InChI is InChI=1S/C30H29FN3O3/c1-18-24-14-22(31)9-11-26(24)34-30(36)25(18)15-29(35)33-27-17-37-28-13-19(16-32)12-21-7-5-3-2-4-6-20(21)8-10-23(27)28/h2-9,11,14,19,23,27-28H,10,12-13,15,17H2,1H3,(H,33,35)(H,34,36)/b4-2-,5-3-,20-8+,21-7-/t19?,23?,27-,28?/m0/s1. The molecule has 7 heteroatoms. The number of pyridine rings is 1. The van der Waals surface area contributed by atoms with Crippen LogP contribution in [0.4, 0.5) is 4.39 Å². The lowest BCUT2D eigenvalue weighted by Crippen LogP contribution is -2.42. The van der Waals surface area contributed by atoms with Gasteiger partial charge in [0.25, 0.3) is 5.56 Å². The summed E-state index contributed by atoms with van der Waals surface area (Å²) < 4.78 is 19.9. The Labute approximate surface area is 215 Å². The topological polar surface area (TPSA) is 95.0 Å². The van der Waals surface area contributed by atoms with Crippen LogP contribution in [0, 0.1) is 42.3 Å². The first kappa shape index (κ1) is 24.9. The summed E-state index contributed by atoms with van der Waals surface area (Å²) in [7, 11) is 0. The van der Waals surface area contributed by atoms with E-state index in [-0.39, 0.29) is 41.9 Å². The zero-order chi connectivity index (χ0) is 25.9. The van der Waals surface area contributed by atoms with Crippen LogP contribution in [0.2, 0.25) is 0 Å². The maximum Gasteiger partial charge on any atom is 0.252 e. The van der Waals surface area contributed by atoms with Crippen molar-refractivity contribution in [2.24, 2.45) is 11.8 Å². The zero-order valence-corrected chi connectivity index (χ0v) is 20.7. The highest BCUT2D eigenvalue weighted by Gasteiger charge is 2.39. The number of nitrogens with zero attached hydrogens (tertiary/aromatic N) is 1. The van der Waals surface area contributed by atoms with Crippen LogP contribution in [0.25, 0.3) is 10.9 Å². The number of benzene rings is 1. The quantitative estimate of drug-likeness (QED) is 0.650. The zero-order valence-electron chi connectivity index (χ0n) is 20.7. The van der Waals surface area contributed by atoms with Crippen LogP contribution >= 0.6 is 0 Å². The molecular formula is C30H29FN3O3. The molecule has 189 valence electrons. The van der Waals surface area contributed by atoms with Crippen LogP contribution in [-0.2, 0) is 16.0 Å². The van der Waals surface area contributed by atoms with E-state index in [4.69, 9.17) is 4.74 Å². The number of nitrogens with one attached hydrogen (secondary N) is 2. The van der Waals surface area contributed by atoms with E-state index in [0.29, 0.717) is 47.9 Å². The third-order valence-corrected chi connectivity index (χ3v) is 7.58. The summed E-state index contributed by atoms with van der Waals surface area (Å²) in [5.74, 6) is -0.869. The van der Waals surface area contributed by atoms with Gasteiger partial charge in [-0.2, -0.15) is 5.26 Å². The number of aromatic amines is 1. The van der Waals surface area contributed by atoms with E-state index in [0.717, 1.165) is 11.1 Å². The average molecular weight is 499 g/mol. The fourth-order valence-corrected chi connectivity index (χ4v) is 5.58. The van der Waals surface area contributed by atoms with E-state index in [2.05, 4.69) is 34.9 Å². The molecule has 0 bridgehead atoms. The second-order valence-electron chi connectivity index (χ2n) is 9.92. The smallest absolute Gasteiger partial charge is 0.252 e. The number of aromatic nitrogens is 1. The summed E-state index contributed by atoms with van der Waals surface area (Å²) in [4.78, 5) is 28.6. The lowest BCUT2D eigenvalue weighted by Gasteiger charge is -2.23. The summed E-state index contributed by atoms with van der Waals surface area (Å²) in [6.45, 7) is 2.09. The number of H-pyrrole nitrogens is 1. The van der Waals surface area contributed by atoms with E-state index >= 15 is 0 Å². The van der Waals surface area contributed by atoms with Crippen molar-refractivity contribution in [1.82, 2.24) is 10.3 Å². The van der Waals surface area contributed by atoms with Gasteiger partial charge in [-0.1, -0.05) is 36.5 Å². The third-order valence-electron chi connectivity index (χ3n) is 7.58. The highest BCUT2D eigenvalue weighted by atomic mass is 19.1. The van der Waals surface area contributed by atoms with Gasteiger partial charge in [0.05, 0.1) is 37.2 Å². The number of carbonyl (C=O) groups is 1. The molecule has 1 fully saturated rings. The number of hydrogen-bond donors (Lipinski definition) is 2. The summed E-state index contributed by atoms with van der Waals surface area (Å²) in [5, 5.41) is 13.5. The highest BCUT2D eigenvalue weighted by Crippen LogP contribution is 2.36. The number of amides is 1. The van der Waals surface area contributed by atoms with Crippen LogP contribution in [0.5, 0.6) is 0 Å². The minimum absolute atomic E-state index is 0.00935. The molecular weight excluding hydrogens is 469 g/mol. The number of rotatable bonds is 3. The molecule has 0 saturated carbocycles. The Kier molecular flexibility index (Phi) is 7.20. The first-order valence-corrected chi connectivity index (χ1v) is 12.6. The third kappa shape index (κ3) is 5.35. The molecule has 2 heterocycles. The molecule has 3 aliphatic rings. The minimum atomic E-state index is -0.400. The molecule has 1 amide bonds. The summed E-state index contributed by atoms with van der Waals surface area (Å²) in [5.41, 5.74) is 3.32. The Morgan fingerprint density at radius 3 is 2.95 bits per heavy atom. The molecule has 4 atom stereocenters. The Morgan fingerprint density at radius 2 is 2.11 bits per heavy atom. The van der Waals surface area contributed by atoms with Gasteiger partial charge < -0.3 is 15.0 Å². The predicted molar refractivity (Wildman–Crippen MR) is 140 cm³/mol. The molecule has 37 heavy (non-hydrogen) atoms. The van der Waals surface area contributed by atoms with Gasteiger partial charge in [0.2, 0.25) is 5.91 Å². The van der Waals surface area contributed by atoms with Crippen molar-refractivity contribution in [3.63, 3.8) is 0 Å². The van der Waals surface area contributed by atoms with Crippen molar-refractivity contribution in [3.05, 3.63) is 99.5 Å². The molecule has 1 aromatic carbocycles. The van der Waals surface area contributed by atoms with Crippen molar-refractivity contribution in [2.75, 3.05) is 6.61 Å². The number of ether oxygens (including phenoxy) is 1. The molecule has 3 unspecified atom stereocenters. The molecule has 6 nitrogen and oxygen atoms in total. The summed E-state index contributed by atoms with van der Waals surface area (Å²) in [6, 6.07) is 6.40.